The van der Waals surface area contributed by atoms with Crippen molar-refractivity contribution in [2.75, 3.05) is 19.6 Å². The molecule has 2 fully saturated rings. The van der Waals surface area contributed by atoms with E-state index in [0.29, 0.717) is 17.5 Å². The third-order valence-corrected chi connectivity index (χ3v) is 7.10. The second-order valence-corrected chi connectivity index (χ2v) is 9.18. The Hall–Kier alpha value is -2.51. The molecule has 0 saturated carbocycles. The second-order valence-electron chi connectivity index (χ2n) is 8.09. The maximum Gasteiger partial charge on any atom is 0.271 e. The summed E-state index contributed by atoms with van der Waals surface area (Å²) in [7, 11) is 0. The van der Waals surface area contributed by atoms with E-state index in [1.165, 1.54) is 33.9 Å². The molecule has 0 spiro atoms. The van der Waals surface area contributed by atoms with Crippen LogP contribution >= 0.6 is 11.3 Å². The van der Waals surface area contributed by atoms with Gasteiger partial charge in [-0.3, -0.25) is 18.9 Å². The molecule has 150 valence electrons. The topological polar surface area (TPSA) is 57.9 Å². The average molecular weight is 409 g/mol. The van der Waals surface area contributed by atoms with Gasteiger partial charge in [0.25, 0.3) is 11.5 Å². The Morgan fingerprint density at radius 1 is 1.24 bits per heavy atom. The lowest BCUT2D eigenvalue weighted by atomic mass is 10.1. The largest absolute Gasteiger partial charge is 0.333 e. The van der Waals surface area contributed by atoms with Crippen molar-refractivity contribution in [2.45, 2.75) is 38.3 Å². The summed E-state index contributed by atoms with van der Waals surface area (Å²) in [6.07, 6.45) is 6.36. The molecule has 0 aliphatic carbocycles. The fourth-order valence-electron chi connectivity index (χ4n) is 4.58. The van der Waals surface area contributed by atoms with E-state index in [-0.39, 0.29) is 23.1 Å². The number of piperazine rings is 1. The van der Waals surface area contributed by atoms with Crippen LogP contribution in [0.15, 0.2) is 47.5 Å². The number of nitrogens with zero attached hydrogens (tertiary/aromatic N) is 4. The van der Waals surface area contributed by atoms with Crippen molar-refractivity contribution in [3.05, 3.63) is 69.1 Å². The van der Waals surface area contributed by atoms with Crippen LogP contribution in [0, 0.1) is 0 Å². The highest BCUT2D eigenvalue weighted by molar-refractivity contribution is 7.17. The molecule has 7 heteroatoms. The van der Waals surface area contributed by atoms with Crippen molar-refractivity contribution in [3.63, 3.8) is 0 Å². The lowest BCUT2D eigenvalue weighted by Gasteiger charge is -2.42. The van der Waals surface area contributed by atoms with E-state index in [1.54, 1.807) is 0 Å². The number of hydrogen-bond acceptors (Lipinski definition) is 5. The number of thiazole rings is 1. The number of aromatic nitrogens is 2. The number of carbonyl (C=O) groups excluding carboxylic acids is 1. The summed E-state index contributed by atoms with van der Waals surface area (Å²) in [5.74, 6) is -0.188. The van der Waals surface area contributed by atoms with Crippen molar-refractivity contribution in [1.82, 2.24) is 19.2 Å². The normalized spacial score (nSPS) is 22.2. The van der Waals surface area contributed by atoms with Gasteiger partial charge in [0.2, 0.25) is 0 Å². The van der Waals surface area contributed by atoms with Gasteiger partial charge in [-0.25, -0.2) is 4.98 Å². The molecule has 2 saturated heterocycles. The summed E-state index contributed by atoms with van der Waals surface area (Å²) in [4.78, 5) is 36.8. The van der Waals surface area contributed by atoms with Crippen molar-refractivity contribution in [2.24, 2.45) is 0 Å². The molecule has 2 unspecified atom stereocenters. The third kappa shape index (κ3) is 3.38. The molecule has 6 nitrogen and oxygen atoms in total. The number of benzene rings is 1. The van der Waals surface area contributed by atoms with E-state index in [4.69, 9.17) is 0 Å². The summed E-state index contributed by atoms with van der Waals surface area (Å²) in [6.45, 7) is 4.77. The van der Waals surface area contributed by atoms with Gasteiger partial charge in [-0.05, 0) is 31.9 Å². The quantitative estimate of drug-likeness (QED) is 0.669. The summed E-state index contributed by atoms with van der Waals surface area (Å²) < 4.78 is 1.53. The molecule has 29 heavy (non-hydrogen) atoms. The lowest BCUT2D eigenvalue weighted by molar-refractivity contribution is 0.0393. The average Bonchev–Trinajstić information content (AvgIpc) is 3.34. The van der Waals surface area contributed by atoms with Crippen molar-refractivity contribution in [3.8, 4) is 0 Å². The smallest absolute Gasteiger partial charge is 0.271 e. The molecular formula is C22H24N4O2S. The summed E-state index contributed by atoms with van der Waals surface area (Å²) >= 11 is 1.50. The molecule has 1 aromatic carbocycles. The van der Waals surface area contributed by atoms with Crippen LogP contribution in [-0.4, -0.2) is 56.8 Å². The fraction of sp³-hybridized carbons (Fsp3) is 0.409. The molecule has 2 atom stereocenters. The first kappa shape index (κ1) is 18.5. The maximum atomic E-state index is 13.2. The highest BCUT2D eigenvalue weighted by atomic mass is 32.1. The first-order valence-corrected chi connectivity index (χ1v) is 11.0. The van der Waals surface area contributed by atoms with Crippen LogP contribution in [-0.2, 0) is 6.42 Å². The fourth-order valence-corrected chi connectivity index (χ4v) is 5.55. The molecular weight excluding hydrogens is 384 g/mol. The first-order chi connectivity index (χ1) is 14.1. The highest BCUT2D eigenvalue weighted by Crippen LogP contribution is 2.25. The Labute approximate surface area is 173 Å². The summed E-state index contributed by atoms with van der Waals surface area (Å²) in [6, 6.07) is 10.7. The number of rotatable bonds is 3. The summed E-state index contributed by atoms with van der Waals surface area (Å²) in [5.41, 5.74) is 1.09. The lowest BCUT2D eigenvalue weighted by Crippen LogP contribution is -2.57. The molecule has 0 radical (unpaired) electrons. The first-order valence-electron chi connectivity index (χ1n) is 10.2. The number of fused-ring (bicyclic) bond motifs is 2. The van der Waals surface area contributed by atoms with E-state index in [1.807, 2.05) is 29.3 Å². The van der Waals surface area contributed by atoms with Gasteiger partial charge < -0.3 is 4.90 Å². The standard InChI is InChI=1S/C22H24N4O2S/c1-15-12-24-9-5-8-17(24)13-25(15)20(27)19-11-23-22-26(21(19)28)14-18(29-22)10-16-6-3-2-4-7-16/h2-4,6-7,11,14-15,17H,5,8-10,12-13H2,1H3. The van der Waals surface area contributed by atoms with Gasteiger partial charge >= 0.3 is 0 Å². The van der Waals surface area contributed by atoms with Gasteiger partial charge in [0.05, 0.1) is 0 Å². The zero-order valence-electron chi connectivity index (χ0n) is 16.5. The number of amides is 1. The monoisotopic (exact) mass is 408 g/mol. The second kappa shape index (κ2) is 7.39. The highest BCUT2D eigenvalue weighted by Gasteiger charge is 2.37. The van der Waals surface area contributed by atoms with Gasteiger partial charge in [-0.15, -0.1) is 11.3 Å². The molecule has 0 N–H and O–H groups in total. The molecule has 4 heterocycles. The van der Waals surface area contributed by atoms with Crippen LogP contribution in [0.4, 0.5) is 0 Å². The van der Waals surface area contributed by atoms with Gasteiger partial charge in [-0.1, -0.05) is 30.3 Å². The molecule has 5 rings (SSSR count). The van der Waals surface area contributed by atoms with Crippen molar-refractivity contribution in [1.29, 1.82) is 0 Å². The van der Waals surface area contributed by atoms with E-state index in [2.05, 4.69) is 28.9 Å². The van der Waals surface area contributed by atoms with E-state index in [0.717, 1.165) is 30.8 Å². The third-order valence-electron chi connectivity index (χ3n) is 6.10. The minimum absolute atomic E-state index is 0.105. The Bertz CT molecular complexity index is 1110. The molecule has 0 bridgehead atoms. The SMILES string of the molecule is CC1CN2CCCC2CN1C(=O)c1cnc2sc(Cc3ccccc3)cn2c1=O. The van der Waals surface area contributed by atoms with Crippen LogP contribution in [0.2, 0.25) is 0 Å². The van der Waals surface area contributed by atoms with Crippen molar-refractivity contribution >= 4 is 22.2 Å². The van der Waals surface area contributed by atoms with E-state index < -0.39 is 0 Å². The molecule has 3 aromatic rings. The zero-order chi connectivity index (χ0) is 20.0. The van der Waals surface area contributed by atoms with Gasteiger partial charge in [0.15, 0.2) is 4.96 Å². The predicted molar refractivity (Wildman–Crippen MR) is 114 cm³/mol. The zero-order valence-corrected chi connectivity index (χ0v) is 17.3. The predicted octanol–water partition coefficient (Wildman–Crippen LogP) is 2.66. The number of carbonyl (C=O) groups is 1. The van der Waals surface area contributed by atoms with Gasteiger partial charge in [-0.2, -0.15) is 0 Å². The maximum absolute atomic E-state index is 13.2. The molecule has 1 amide bonds. The molecule has 2 aliphatic rings. The van der Waals surface area contributed by atoms with Gasteiger partial charge in [0, 0.05) is 48.9 Å². The Morgan fingerprint density at radius 2 is 2.07 bits per heavy atom. The van der Waals surface area contributed by atoms with E-state index in [9.17, 15) is 9.59 Å². The minimum atomic E-state index is -0.267. The van der Waals surface area contributed by atoms with Crippen LogP contribution in [0.1, 0.15) is 40.6 Å². The Morgan fingerprint density at radius 3 is 2.90 bits per heavy atom. The molecule has 2 aliphatic heterocycles. The van der Waals surface area contributed by atoms with Crippen LogP contribution < -0.4 is 5.56 Å². The molecule has 2 aromatic heterocycles. The van der Waals surface area contributed by atoms with Crippen molar-refractivity contribution < 1.29 is 4.79 Å². The Kier molecular flexibility index (Phi) is 4.72. The van der Waals surface area contributed by atoms with Crippen LogP contribution in [0.5, 0.6) is 0 Å². The van der Waals surface area contributed by atoms with Crippen LogP contribution in [0.25, 0.3) is 4.96 Å². The minimum Gasteiger partial charge on any atom is -0.333 e. The van der Waals surface area contributed by atoms with Gasteiger partial charge in [0.1, 0.15) is 5.56 Å². The summed E-state index contributed by atoms with van der Waals surface area (Å²) in [5, 5.41) is 0. The van der Waals surface area contributed by atoms with Crippen LogP contribution in [0.3, 0.4) is 0 Å². The Balaban J connectivity index is 1.43. The van der Waals surface area contributed by atoms with E-state index >= 15 is 0 Å². The number of hydrogen-bond donors (Lipinski definition) is 0.